The molecule has 1 unspecified atom stereocenters. The largest absolute Gasteiger partial charge is 0.496 e. The summed E-state index contributed by atoms with van der Waals surface area (Å²) >= 11 is 23.8. The van der Waals surface area contributed by atoms with Crippen LogP contribution in [0.2, 0.25) is 15.1 Å². The number of halogens is 3. The lowest BCUT2D eigenvalue weighted by molar-refractivity contribution is -0.123. The Morgan fingerprint density at radius 2 is 1.71 bits per heavy atom. The second-order valence-corrected chi connectivity index (χ2v) is 9.41. The summed E-state index contributed by atoms with van der Waals surface area (Å²) < 4.78 is 11.3. The van der Waals surface area contributed by atoms with Gasteiger partial charge in [0.1, 0.15) is 23.8 Å². The lowest BCUT2D eigenvalue weighted by atomic mass is 10.1. The molecule has 1 heterocycles. The van der Waals surface area contributed by atoms with Crippen LogP contribution in [0.1, 0.15) is 29.7 Å². The minimum atomic E-state index is -0.203. The number of carbonyl (C=O) groups excluding carboxylic acids is 1. The van der Waals surface area contributed by atoms with Gasteiger partial charge < -0.3 is 14.8 Å². The van der Waals surface area contributed by atoms with Crippen molar-refractivity contribution in [1.29, 1.82) is 0 Å². The Kier molecular flexibility index (Phi) is 7.87. The molecule has 9 heteroatoms. The van der Waals surface area contributed by atoms with Gasteiger partial charge in [0.2, 0.25) is 0 Å². The van der Waals surface area contributed by atoms with Gasteiger partial charge in [0.25, 0.3) is 5.91 Å². The molecule has 0 radical (unpaired) electrons. The van der Waals surface area contributed by atoms with Crippen molar-refractivity contribution in [3.05, 3.63) is 98.1 Å². The maximum Gasteiger partial charge on any atom is 0.277 e. The molecule has 0 bridgehead atoms. The predicted octanol–water partition coefficient (Wildman–Crippen LogP) is 7.05. The molecule has 0 aliphatic carbocycles. The van der Waals surface area contributed by atoms with Gasteiger partial charge in [-0.05, 0) is 54.5 Å². The molecule has 35 heavy (non-hydrogen) atoms. The van der Waals surface area contributed by atoms with E-state index in [1.165, 1.54) is 6.07 Å². The van der Waals surface area contributed by atoms with Gasteiger partial charge in [-0.2, -0.15) is 0 Å². The minimum Gasteiger partial charge on any atom is -0.496 e. The van der Waals surface area contributed by atoms with E-state index < -0.39 is 0 Å². The Hall–Kier alpha value is -2.77. The highest BCUT2D eigenvalue weighted by Gasteiger charge is 2.34. The molecule has 4 rings (SSSR count). The van der Waals surface area contributed by atoms with E-state index in [1.807, 2.05) is 55.5 Å². The molecule has 5 nitrogen and oxygen atoms in total. The molecule has 0 spiro atoms. The smallest absolute Gasteiger partial charge is 0.277 e. The van der Waals surface area contributed by atoms with Crippen LogP contribution >= 0.6 is 47.0 Å². The highest BCUT2D eigenvalue weighted by molar-refractivity contribution is 7.80. The Balaban J connectivity index is 1.56. The van der Waals surface area contributed by atoms with Gasteiger partial charge in [-0.15, -0.1) is 0 Å². The fraction of sp³-hybridized carbons (Fsp3) is 0.154. The summed E-state index contributed by atoms with van der Waals surface area (Å²) in [7, 11) is 1.58. The van der Waals surface area contributed by atoms with E-state index in [-0.39, 0.29) is 18.6 Å². The van der Waals surface area contributed by atoms with Crippen molar-refractivity contribution in [2.45, 2.75) is 19.6 Å². The first kappa shape index (κ1) is 25.3. The van der Waals surface area contributed by atoms with Crippen molar-refractivity contribution in [1.82, 2.24) is 10.2 Å². The van der Waals surface area contributed by atoms with Crippen LogP contribution in [0, 0.1) is 0 Å². The normalized spacial score (nSPS) is 15.3. The molecule has 3 aromatic rings. The molecule has 1 saturated heterocycles. The number of hydrogen-bond donors (Lipinski definition) is 1. The zero-order valence-corrected chi connectivity index (χ0v) is 21.9. The standard InChI is InChI=1S/C26H21Cl3N2O3S/c1-15(17-6-4-3-5-7-17)31-25(32)22(30-26(31)35)11-16-8-9-23(33-2)18(10-16)14-34-24-13-20(28)19(27)12-21(24)29/h3-13,15H,14H2,1-2H3,(H,30,35)/b22-11-. The van der Waals surface area contributed by atoms with Crippen molar-refractivity contribution in [2.24, 2.45) is 0 Å². The molecular formula is C26H21Cl3N2O3S. The molecule has 1 N–H and O–H groups in total. The Morgan fingerprint density at radius 3 is 2.43 bits per heavy atom. The SMILES string of the molecule is COc1ccc(/C=C2\NC(=S)N(C(C)c3ccccc3)C2=O)cc1COc1cc(Cl)c(Cl)cc1Cl. The fourth-order valence-electron chi connectivity index (χ4n) is 3.72. The number of nitrogens with zero attached hydrogens (tertiary/aromatic N) is 1. The van der Waals surface area contributed by atoms with Gasteiger partial charge in [-0.25, -0.2) is 0 Å². The van der Waals surface area contributed by atoms with Gasteiger partial charge in [-0.1, -0.05) is 71.2 Å². The Bertz CT molecular complexity index is 1310. The second kappa shape index (κ2) is 10.9. The highest BCUT2D eigenvalue weighted by atomic mass is 35.5. The summed E-state index contributed by atoms with van der Waals surface area (Å²) in [5, 5.41) is 4.44. The van der Waals surface area contributed by atoms with Gasteiger partial charge >= 0.3 is 0 Å². The van der Waals surface area contributed by atoms with E-state index in [0.717, 1.165) is 16.7 Å². The third-order valence-corrected chi connectivity index (χ3v) is 6.87. The molecule has 3 aromatic carbocycles. The summed E-state index contributed by atoms with van der Waals surface area (Å²) in [4.78, 5) is 14.8. The number of hydrogen-bond acceptors (Lipinski definition) is 4. The summed E-state index contributed by atoms with van der Waals surface area (Å²) in [6, 6.07) is 18.2. The summed E-state index contributed by atoms with van der Waals surface area (Å²) in [5.74, 6) is 0.835. The number of nitrogens with one attached hydrogen (secondary N) is 1. The molecular weight excluding hydrogens is 527 g/mol. The van der Waals surface area contributed by atoms with Crippen LogP contribution in [-0.2, 0) is 11.4 Å². The molecule has 0 saturated carbocycles. The first-order chi connectivity index (χ1) is 16.8. The van der Waals surface area contributed by atoms with Gasteiger partial charge in [0.15, 0.2) is 5.11 Å². The van der Waals surface area contributed by atoms with E-state index in [2.05, 4.69) is 5.32 Å². The third-order valence-electron chi connectivity index (χ3n) is 5.55. The lowest BCUT2D eigenvalue weighted by Crippen LogP contribution is -2.33. The average Bonchev–Trinajstić information content (AvgIpc) is 3.13. The van der Waals surface area contributed by atoms with Crippen LogP contribution in [0.25, 0.3) is 6.08 Å². The molecule has 1 aliphatic heterocycles. The Morgan fingerprint density at radius 1 is 1.00 bits per heavy atom. The van der Waals surface area contributed by atoms with E-state index in [9.17, 15) is 4.79 Å². The molecule has 0 aromatic heterocycles. The summed E-state index contributed by atoms with van der Waals surface area (Å²) in [6.07, 6.45) is 1.75. The van der Waals surface area contributed by atoms with E-state index in [4.69, 9.17) is 56.5 Å². The molecule has 1 atom stereocenters. The number of benzene rings is 3. The maximum absolute atomic E-state index is 13.2. The van der Waals surface area contributed by atoms with Crippen LogP contribution in [0.15, 0.2) is 66.4 Å². The molecule has 1 fully saturated rings. The first-order valence-electron chi connectivity index (χ1n) is 10.6. The summed E-state index contributed by atoms with van der Waals surface area (Å²) in [5.41, 5.74) is 2.92. The zero-order valence-electron chi connectivity index (χ0n) is 18.8. The molecule has 1 aliphatic rings. The van der Waals surface area contributed by atoms with E-state index >= 15 is 0 Å². The van der Waals surface area contributed by atoms with E-state index in [1.54, 1.807) is 24.2 Å². The summed E-state index contributed by atoms with van der Waals surface area (Å²) in [6.45, 7) is 2.11. The second-order valence-electron chi connectivity index (χ2n) is 7.81. The lowest BCUT2D eigenvalue weighted by Gasteiger charge is -2.23. The van der Waals surface area contributed by atoms with Crippen molar-refractivity contribution >= 4 is 64.1 Å². The van der Waals surface area contributed by atoms with Crippen molar-refractivity contribution < 1.29 is 14.3 Å². The van der Waals surface area contributed by atoms with Crippen LogP contribution in [-0.4, -0.2) is 23.0 Å². The topological polar surface area (TPSA) is 50.8 Å². The predicted molar refractivity (Wildman–Crippen MR) is 144 cm³/mol. The van der Waals surface area contributed by atoms with Crippen LogP contribution in [0.4, 0.5) is 0 Å². The monoisotopic (exact) mass is 546 g/mol. The number of rotatable bonds is 7. The van der Waals surface area contributed by atoms with Crippen LogP contribution in [0.3, 0.4) is 0 Å². The zero-order chi connectivity index (χ0) is 25.1. The quantitative estimate of drug-likeness (QED) is 0.195. The van der Waals surface area contributed by atoms with Gasteiger partial charge in [0, 0.05) is 11.6 Å². The van der Waals surface area contributed by atoms with Crippen molar-refractivity contribution in [2.75, 3.05) is 7.11 Å². The van der Waals surface area contributed by atoms with Crippen molar-refractivity contribution in [3.63, 3.8) is 0 Å². The number of amides is 1. The maximum atomic E-state index is 13.2. The number of thiocarbonyl (C=S) groups is 1. The van der Waals surface area contributed by atoms with Crippen molar-refractivity contribution in [3.8, 4) is 11.5 Å². The third kappa shape index (κ3) is 5.57. The number of ether oxygens (including phenoxy) is 2. The minimum absolute atomic E-state index is 0.162. The first-order valence-corrected chi connectivity index (χ1v) is 12.2. The molecule has 1 amide bonds. The van der Waals surface area contributed by atoms with E-state index in [0.29, 0.717) is 37.4 Å². The number of carbonyl (C=O) groups is 1. The molecule has 180 valence electrons. The van der Waals surface area contributed by atoms with Crippen LogP contribution < -0.4 is 14.8 Å². The average molecular weight is 548 g/mol. The highest BCUT2D eigenvalue weighted by Crippen LogP contribution is 2.35. The Labute approximate surface area is 224 Å². The fourth-order valence-corrected chi connectivity index (χ4v) is 4.66. The van der Waals surface area contributed by atoms with Gasteiger partial charge in [-0.3, -0.25) is 9.69 Å². The number of methoxy groups -OCH3 is 1. The van der Waals surface area contributed by atoms with Gasteiger partial charge in [0.05, 0.1) is 28.2 Å². The van der Waals surface area contributed by atoms with Crippen LogP contribution in [0.5, 0.6) is 11.5 Å².